The van der Waals surface area contributed by atoms with Gasteiger partial charge in [-0.25, -0.2) is 22.2 Å². The molecule has 0 spiro atoms. The summed E-state index contributed by atoms with van der Waals surface area (Å²) in [6.07, 6.45) is 2.48. The largest absolute Gasteiger partial charge is 0.495 e. The van der Waals surface area contributed by atoms with E-state index in [4.69, 9.17) is 21.1 Å². The van der Waals surface area contributed by atoms with Crippen LogP contribution in [0.4, 0.5) is 8.78 Å². The van der Waals surface area contributed by atoms with Crippen LogP contribution < -0.4 is 19.5 Å². The molecule has 1 aromatic carbocycles. The number of hydrogen-bond acceptors (Lipinski definition) is 9. The molecular weight excluding hydrogens is 748 g/mol. The number of hydrogen-bond donors (Lipinski definition) is 2. The van der Waals surface area contributed by atoms with Crippen molar-refractivity contribution in [2.24, 2.45) is 17.3 Å². The van der Waals surface area contributed by atoms with E-state index in [9.17, 15) is 36.4 Å². The van der Waals surface area contributed by atoms with Crippen molar-refractivity contribution in [3.8, 4) is 11.6 Å². The summed E-state index contributed by atoms with van der Waals surface area (Å²) in [5.74, 6) is -6.80. The van der Waals surface area contributed by atoms with Crippen LogP contribution in [0.3, 0.4) is 0 Å². The fraction of sp³-hybridized carbons (Fsp3) is 0.595. The number of likely N-dealkylation sites (tertiary alicyclic amines) is 2. The van der Waals surface area contributed by atoms with Gasteiger partial charge in [0, 0.05) is 48.7 Å². The number of sulfonamides is 1. The van der Waals surface area contributed by atoms with E-state index in [1.54, 1.807) is 39.0 Å². The second-order valence-corrected chi connectivity index (χ2v) is 18.2. The Hall–Kier alpha value is -4.05. The average Bonchev–Trinajstić information content (AvgIpc) is 4.03. The molecule has 17 heteroatoms. The molecule has 6 rings (SSSR count). The minimum Gasteiger partial charge on any atom is -0.495 e. The quantitative estimate of drug-likeness (QED) is 0.300. The molecule has 54 heavy (non-hydrogen) atoms. The van der Waals surface area contributed by atoms with Crippen molar-refractivity contribution in [1.29, 1.82) is 0 Å². The molecule has 294 valence electrons. The zero-order chi connectivity index (χ0) is 39.4. The second kappa shape index (κ2) is 14.5. The highest BCUT2D eigenvalue weighted by Crippen LogP contribution is 2.46. The van der Waals surface area contributed by atoms with Crippen LogP contribution in [0.1, 0.15) is 65.7 Å². The van der Waals surface area contributed by atoms with Crippen LogP contribution in [0.2, 0.25) is 5.02 Å². The molecule has 2 saturated heterocycles. The van der Waals surface area contributed by atoms with E-state index >= 15 is 0 Å². The summed E-state index contributed by atoms with van der Waals surface area (Å²) >= 11 is 6.56. The molecule has 1 aromatic heterocycles. The maximum atomic E-state index is 14.6. The van der Waals surface area contributed by atoms with Gasteiger partial charge in [-0.3, -0.25) is 23.9 Å². The Morgan fingerprint density at radius 2 is 1.89 bits per heavy atom. The van der Waals surface area contributed by atoms with Gasteiger partial charge in [-0.15, -0.1) is 6.58 Å². The molecule has 2 saturated carbocycles. The fourth-order valence-corrected chi connectivity index (χ4v) is 9.09. The van der Waals surface area contributed by atoms with Crippen molar-refractivity contribution in [2.75, 3.05) is 26.7 Å². The molecule has 4 aliphatic rings. The molecule has 5 atom stereocenters. The first-order valence-electron chi connectivity index (χ1n) is 18.0. The van der Waals surface area contributed by atoms with Gasteiger partial charge in [0.1, 0.15) is 23.4 Å². The number of ether oxygens (including phenoxy) is 2. The number of halogens is 3. The van der Waals surface area contributed by atoms with Gasteiger partial charge < -0.3 is 24.6 Å². The highest BCUT2D eigenvalue weighted by molar-refractivity contribution is 7.91. The van der Waals surface area contributed by atoms with Gasteiger partial charge in [0.15, 0.2) is 0 Å². The number of fused-ring (bicyclic) bond motifs is 1. The number of benzene rings is 1. The maximum Gasteiger partial charge on any atom is 0.265 e. The third-order valence-electron chi connectivity index (χ3n) is 10.9. The molecule has 4 amide bonds. The Bertz CT molecular complexity index is 1970. The van der Waals surface area contributed by atoms with Crippen LogP contribution in [-0.4, -0.2) is 102 Å². The fourth-order valence-electron chi connectivity index (χ4n) is 7.42. The predicted octanol–water partition coefficient (Wildman–Crippen LogP) is 4.22. The molecular formula is C37H46ClF2N5O8S. The SMILES string of the molecule is C=C[C@@H]1CC1(NC(=O)[C@@H]1C[C@@H](Oc2nccc3c(Cl)c(OC)ccc23)CN1C(=O)[C@@H](CC(=O)N1CCCC(F)(F)C1)C(C)(C)C)C(=O)NS(=O)(=O)C1CC1. The molecule has 0 radical (unpaired) electrons. The van der Waals surface area contributed by atoms with Crippen molar-refractivity contribution in [3.63, 3.8) is 0 Å². The number of rotatable bonds is 12. The summed E-state index contributed by atoms with van der Waals surface area (Å²) in [5, 5.41) is 3.54. The number of nitrogens with one attached hydrogen (secondary N) is 2. The molecule has 3 heterocycles. The number of aromatic nitrogens is 1. The number of piperidine rings is 1. The normalized spacial score (nSPS) is 25.8. The lowest BCUT2D eigenvalue weighted by molar-refractivity contribution is -0.151. The molecule has 2 aliphatic heterocycles. The number of pyridine rings is 1. The lowest BCUT2D eigenvalue weighted by Crippen LogP contribution is -2.57. The van der Waals surface area contributed by atoms with Crippen LogP contribution in [0.15, 0.2) is 37.1 Å². The van der Waals surface area contributed by atoms with E-state index in [-0.39, 0.29) is 51.1 Å². The van der Waals surface area contributed by atoms with Crippen LogP contribution in [0.25, 0.3) is 10.8 Å². The number of methoxy groups -OCH3 is 1. The summed E-state index contributed by atoms with van der Waals surface area (Å²) in [6.45, 7) is 8.29. The summed E-state index contributed by atoms with van der Waals surface area (Å²) < 4.78 is 67.8. The lowest BCUT2D eigenvalue weighted by atomic mass is 9.77. The lowest BCUT2D eigenvalue weighted by Gasteiger charge is -2.37. The Kier molecular flexibility index (Phi) is 10.7. The maximum absolute atomic E-state index is 14.6. The van der Waals surface area contributed by atoms with Gasteiger partial charge in [-0.1, -0.05) is 38.4 Å². The molecule has 1 unspecified atom stereocenters. The Morgan fingerprint density at radius 1 is 1.17 bits per heavy atom. The Labute approximate surface area is 318 Å². The number of amides is 4. The highest BCUT2D eigenvalue weighted by Gasteiger charge is 2.62. The van der Waals surface area contributed by atoms with Gasteiger partial charge in [0.05, 0.1) is 36.4 Å². The van der Waals surface area contributed by atoms with Crippen molar-refractivity contribution in [1.82, 2.24) is 24.8 Å². The average molecular weight is 794 g/mol. The molecule has 2 N–H and O–H groups in total. The topological polar surface area (TPSA) is 164 Å². The van der Waals surface area contributed by atoms with E-state index < -0.39 is 86.3 Å². The first kappa shape index (κ1) is 39.6. The van der Waals surface area contributed by atoms with Crippen LogP contribution in [-0.2, 0) is 29.2 Å². The molecule has 13 nitrogen and oxygen atoms in total. The standard InChI is InChI=1S/C37H46ClF2N5O8S/c1-6-21-18-37(21,34(49)43-54(50,51)23-8-9-23)42-31(47)27-16-22(53-32-25-10-11-28(52-5)30(38)24(25)12-14-41-32)19-45(27)33(48)26(35(2,3)4)17-29(46)44-15-7-13-36(39,40)20-44/h6,10-12,14,21-23,26-27H,1,7-9,13,15-20H2,2-5H3,(H,42,47)(H,43,49)/t21-,22-,26-,27+,37?/m1/s1. The van der Waals surface area contributed by atoms with E-state index in [2.05, 4.69) is 21.6 Å². The molecule has 2 aromatic rings. The van der Waals surface area contributed by atoms with E-state index in [1.165, 1.54) is 24.3 Å². The smallest absolute Gasteiger partial charge is 0.265 e. The van der Waals surface area contributed by atoms with Gasteiger partial charge >= 0.3 is 0 Å². The molecule has 0 bridgehead atoms. The molecule has 2 aliphatic carbocycles. The second-order valence-electron chi connectivity index (χ2n) is 15.9. The minimum atomic E-state index is -3.94. The summed E-state index contributed by atoms with van der Waals surface area (Å²) in [7, 11) is -2.46. The third-order valence-corrected chi connectivity index (χ3v) is 13.1. The number of nitrogens with zero attached hydrogens (tertiary/aromatic N) is 3. The Balaban J connectivity index is 1.29. The first-order valence-corrected chi connectivity index (χ1v) is 20.0. The zero-order valence-corrected chi connectivity index (χ0v) is 32.3. The monoisotopic (exact) mass is 793 g/mol. The number of alkyl halides is 2. The number of carbonyl (C=O) groups excluding carboxylic acids is 4. The first-order chi connectivity index (χ1) is 25.3. The van der Waals surface area contributed by atoms with Gasteiger partial charge in [-0.05, 0) is 49.3 Å². The van der Waals surface area contributed by atoms with Crippen LogP contribution >= 0.6 is 11.6 Å². The molecule has 4 fully saturated rings. The van der Waals surface area contributed by atoms with Crippen molar-refractivity contribution in [3.05, 3.63) is 42.1 Å². The van der Waals surface area contributed by atoms with E-state index in [0.29, 0.717) is 34.4 Å². The van der Waals surface area contributed by atoms with Gasteiger partial charge in [0.25, 0.3) is 11.8 Å². The Morgan fingerprint density at radius 3 is 2.50 bits per heavy atom. The van der Waals surface area contributed by atoms with Gasteiger partial charge in [-0.2, -0.15) is 0 Å². The van der Waals surface area contributed by atoms with E-state index in [0.717, 1.165) is 4.90 Å². The predicted molar refractivity (Wildman–Crippen MR) is 195 cm³/mol. The third kappa shape index (κ3) is 8.00. The van der Waals surface area contributed by atoms with Gasteiger partial charge in [0.2, 0.25) is 33.6 Å². The van der Waals surface area contributed by atoms with Crippen LogP contribution in [0.5, 0.6) is 11.6 Å². The summed E-state index contributed by atoms with van der Waals surface area (Å²) in [4.78, 5) is 62.7. The summed E-state index contributed by atoms with van der Waals surface area (Å²) in [6, 6.07) is 3.84. The number of carbonyl (C=O) groups is 4. The van der Waals surface area contributed by atoms with E-state index in [1.807, 2.05) is 0 Å². The zero-order valence-electron chi connectivity index (χ0n) is 30.7. The highest BCUT2D eigenvalue weighted by atomic mass is 35.5. The van der Waals surface area contributed by atoms with Crippen LogP contribution in [0, 0.1) is 17.3 Å². The van der Waals surface area contributed by atoms with Crippen molar-refractivity contribution >= 4 is 56.0 Å². The van der Waals surface area contributed by atoms with Crippen molar-refractivity contribution in [2.45, 2.75) is 94.6 Å². The summed E-state index contributed by atoms with van der Waals surface area (Å²) in [5.41, 5.74) is -2.46. The minimum absolute atomic E-state index is 0.0560. The van der Waals surface area contributed by atoms with Crippen molar-refractivity contribution < 1.29 is 45.9 Å².